The highest BCUT2D eigenvalue weighted by molar-refractivity contribution is 6.17. The van der Waals surface area contributed by atoms with E-state index in [0.717, 1.165) is 12.0 Å². The van der Waals surface area contributed by atoms with Crippen molar-refractivity contribution in [3.8, 4) is 0 Å². The van der Waals surface area contributed by atoms with Gasteiger partial charge in [0.25, 0.3) is 0 Å². The molecule has 0 saturated heterocycles. The molecular weight excluding hydrogens is 196 g/mol. The van der Waals surface area contributed by atoms with Gasteiger partial charge in [-0.15, -0.1) is 11.6 Å². The second kappa shape index (κ2) is 5.84. The van der Waals surface area contributed by atoms with Crippen molar-refractivity contribution < 1.29 is 5.11 Å². The van der Waals surface area contributed by atoms with Gasteiger partial charge in [-0.25, -0.2) is 0 Å². The average molecular weight is 211 g/mol. The second-order valence-corrected chi connectivity index (χ2v) is 3.61. The van der Waals surface area contributed by atoms with Gasteiger partial charge < -0.3 is 5.11 Å². The molecule has 1 nitrogen and oxygen atoms in total. The Kier molecular flexibility index (Phi) is 4.71. The maximum atomic E-state index is 8.93. The predicted octanol–water partition coefficient (Wildman–Crippen LogP) is 3.13. The third-order valence-corrected chi connectivity index (χ3v) is 2.31. The van der Waals surface area contributed by atoms with Crippen LogP contribution in [0.5, 0.6) is 0 Å². The quantitative estimate of drug-likeness (QED) is 0.758. The molecular formula is C12H15ClO. The first-order valence-electron chi connectivity index (χ1n) is 4.71. The molecule has 0 aliphatic heterocycles. The van der Waals surface area contributed by atoms with Gasteiger partial charge in [0.1, 0.15) is 0 Å². The lowest BCUT2D eigenvalue weighted by Gasteiger charge is -2.02. The third-order valence-electron chi connectivity index (χ3n) is 2.09. The number of allylic oxidation sites excluding steroid dienone is 1. The Balaban J connectivity index is 2.78. The fourth-order valence-electron chi connectivity index (χ4n) is 1.30. The average Bonchev–Trinajstić information content (AvgIpc) is 2.20. The van der Waals surface area contributed by atoms with Crippen molar-refractivity contribution in [1.29, 1.82) is 0 Å². The molecule has 0 heterocycles. The SMILES string of the molecule is Cc1cc(CO)ccc1C=CCCCl. The van der Waals surface area contributed by atoms with E-state index >= 15 is 0 Å². The van der Waals surface area contributed by atoms with Crippen LogP contribution in [0.4, 0.5) is 0 Å². The number of aliphatic hydroxyl groups is 1. The zero-order valence-corrected chi connectivity index (χ0v) is 9.09. The van der Waals surface area contributed by atoms with E-state index in [9.17, 15) is 0 Å². The zero-order chi connectivity index (χ0) is 10.4. The Bertz CT molecular complexity index is 318. The minimum atomic E-state index is 0.104. The lowest BCUT2D eigenvalue weighted by atomic mass is 10.0. The van der Waals surface area contributed by atoms with Gasteiger partial charge in [0.05, 0.1) is 6.61 Å². The maximum absolute atomic E-state index is 8.93. The minimum Gasteiger partial charge on any atom is -0.392 e. The summed E-state index contributed by atoms with van der Waals surface area (Å²) in [6.07, 6.45) is 5.02. The van der Waals surface area contributed by atoms with Crippen LogP contribution in [0.2, 0.25) is 0 Å². The summed E-state index contributed by atoms with van der Waals surface area (Å²) in [4.78, 5) is 0. The van der Waals surface area contributed by atoms with Crippen LogP contribution in [0.25, 0.3) is 6.08 Å². The molecule has 2 heteroatoms. The first-order valence-corrected chi connectivity index (χ1v) is 5.24. The lowest BCUT2D eigenvalue weighted by Crippen LogP contribution is -1.86. The highest BCUT2D eigenvalue weighted by atomic mass is 35.5. The number of alkyl halides is 1. The Morgan fingerprint density at radius 3 is 2.79 bits per heavy atom. The van der Waals surface area contributed by atoms with Crippen molar-refractivity contribution in [1.82, 2.24) is 0 Å². The van der Waals surface area contributed by atoms with Crippen LogP contribution in [0, 0.1) is 6.92 Å². The van der Waals surface area contributed by atoms with Gasteiger partial charge in [0.2, 0.25) is 0 Å². The van der Waals surface area contributed by atoms with Gasteiger partial charge in [-0.3, -0.25) is 0 Å². The Labute approximate surface area is 90.0 Å². The van der Waals surface area contributed by atoms with E-state index in [0.29, 0.717) is 5.88 Å². The van der Waals surface area contributed by atoms with Crippen LogP contribution in [-0.2, 0) is 6.61 Å². The number of aliphatic hydroxyl groups excluding tert-OH is 1. The summed E-state index contributed by atoms with van der Waals surface area (Å²) in [6.45, 7) is 2.14. The topological polar surface area (TPSA) is 20.2 Å². The fraction of sp³-hybridized carbons (Fsp3) is 0.333. The molecule has 0 saturated carbocycles. The van der Waals surface area contributed by atoms with Gasteiger partial charge in [-0.05, 0) is 30.0 Å². The highest BCUT2D eigenvalue weighted by Gasteiger charge is 1.95. The lowest BCUT2D eigenvalue weighted by molar-refractivity contribution is 0.282. The molecule has 0 fully saturated rings. The summed E-state index contributed by atoms with van der Waals surface area (Å²) < 4.78 is 0. The van der Waals surface area contributed by atoms with Crippen molar-refractivity contribution in [3.05, 3.63) is 41.0 Å². The van der Waals surface area contributed by atoms with Crippen molar-refractivity contribution in [2.24, 2.45) is 0 Å². The standard InChI is InChI=1S/C12H15ClO/c1-10-8-11(9-14)5-6-12(10)4-2-3-7-13/h2,4-6,8,14H,3,7,9H2,1H3. The molecule has 1 rings (SSSR count). The fourth-order valence-corrected chi connectivity index (χ4v) is 1.42. The molecule has 0 radical (unpaired) electrons. The molecule has 76 valence electrons. The number of hydrogen-bond acceptors (Lipinski definition) is 1. The van der Waals surface area contributed by atoms with E-state index in [1.165, 1.54) is 11.1 Å². The van der Waals surface area contributed by atoms with Crippen molar-refractivity contribution in [3.63, 3.8) is 0 Å². The molecule has 1 aromatic carbocycles. The number of rotatable bonds is 4. The van der Waals surface area contributed by atoms with Gasteiger partial charge in [0.15, 0.2) is 0 Å². The molecule has 14 heavy (non-hydrogen) atoms. The number of halogens is 1. The molecule has 0 unspecified atom stereocenters. The zero-order valence-electron chi connectivity index (χ0n) is 8.33. The minimum absolute atomic E-state index is 0.104. The second-order valence-electron chi connectivity index (χ2n) is 3.23. The molecule has 0 atom stereocenters. The van der Waals surface area contributed by atoms with E-state index in [2.05, 4.69) is 12.2 Å². The Morgan fingerprint density at radius 2 is 2.21 bits per heavy atom. The first kappa shape index (κ1) is 11.3. The van der Waals surface area contributed by atoms with Crippen LogP contribution in [0.1, 0.15) is 23.1 Å². The molecule has 1 aromatic rings. The van der Waals surface area contributed by atoms with E-state index < -0.39 is 0 Å². The Hall–Kier alpha value is -0.790. The van der Waals surface area contributed by atoms with Gasteiger partial charge in [-0.2, -0.15) is 0 Å². The first-order chi connectivity index (χ1) is 6.77. The van der Waals surface area contributed by atoms with E-state index in [-0.39, 0.29) is 6.61 Å². The smallest absolute Gasteiger partial charge is 0.0681 e. The molecule has 0 aromatic heterocycles. The van der Waals surface area contributed by atoms with Crippen LogP contribution in [0.15, 0.2) is 24.3 Å². The summed E-state index contributed by atoms with van der Waals surface area (Å²) in [5.74, 6) is 0.657. The summed E-state index contributed by atoms with van der Waals surface area (Å²) in [6, 6.07) is 5.96. The number of hydrogen-bond donors (Lipinski definition) is 1. The molecule has 0 amide bonds. The summed E-state index contributed by atoms with van der Waals surface area (Å²) in [5, 5.41) is 8.93. The van der Waals surface area contributed by atoms with E-state index in [4.69, 9.17) is 16.7 Å². The van der Waals surface area contributed by atoms with Crippen molar-refractivity contribution >= 4 is 17.7 Å². The molecule has 1 N–H and O–H groups in total. The third kappa shape index (κ3) is 3.17. The maximum Gasteiger partial charge on any atom is 0.0681 e. The van der Waals surface area contributed by atoms with Crippen molar-refractivity contribution in [2.75, 3.05) is 5.88 Å². The molecule has 0 aliphatic rings. The highest BCUT2D eigenvalue weighted by Crippen LogP contribution is 2.13. The summed E-state index contributed by atoms with van der Waals surface area (Å²) >= 11 is 5.57. The van der Waals surface area contributed by atoms with Crippen molar-refractivity contribution in [2.45, 2.75) is 20.0 Å². The molecule has 0 aliphatic carbocycles. The van der Waals surface area contributed by atoms with E-state index in [1.54, 1.807) is 0 Å². The molecule has 0 bridgehead atoms. The monoisotopic (exact) mass is 210 g/mol. The summed E-state index contributed by atoms with van der Waals surface area (Å²) in [5.41, 5.74) is 3.33. The van der Waals surface area contributed by atoms with Crippen LogP contribution < -0.4 is 0 Å². The molecule has 0 spiro atoms. The van der Waals surface area contributed by atoms with Crippen LogP contribution >= 0.6 is 11.6 Å². The summed E-state index contributed by atoms with van der Waals surface area (Å²) in [7, 11) is 0. The number of aryl methyl sites for hydroxylation is 1. The number of benzene rings is 1. The Morgan fingerprint density at radius 1 is 1.43 bits per heavy atom. The normalized spacial score (nSPS) is 11.1. The van der Waals surface area contributed by atoms with Gasteiger partial charge in [-0.1, -0.05) is 30.4 Å². The van der Waals surface area contributed by atoms with Crippen LogP contribution in [-0.4, -0.2) is 11.0 Å². The van der Waals surface area contributed by atoms with E-state index in [1.807, 2.05) is 25.1 Å². The largest absolute Gasteiger partial charge is 0.392 e. The van der Waals surface area contributed by atoms with Crippen LogP contribution in [0.3, 0.4) is 0 Å². The predicted molar refractivity (Wildman–Crippen MR) is 61.5 cm³/mol. The van der Waals surface area contributed by atoms with Gasteiger partial charge >= 0.3 is 0 Å². The van der Waals surface area contributed by atoms with Gasteiger partial charge in [0, 0.05) is 5.88 Å².